The van der Waals surface area contributed by atoms with E-state index in [0.29, 0.717) is 40.4 Å². The van der Waals surface area contributed by atoms with Crippen LogP contribution in [0.1, 0.15) is 65.9 Å². The van der Waals surface area contributed by atoms with E-state index in [-0.39, 0.29) is 5.91 Å². The Bertz CT molecular complexity index is 894. The summed E-state index contributed by atoms with van der Waals surface area (Å²) >= 11 is 0. The van der Waals surface area contributed by atoms with Crippen molar-refractivity contribution in [1.29, 1.82) is 5.41 Å². The van der Waals surface area contributed by atoms with Crippen molar-refractivity contribution in [3.05, 3.63) is 35.5 Å². The largest absolute Gasteiger partial charge is 0.444 e. The van der Waals surface area contributed by atoms with E-state index in [1.54, 1.807) is 46.8 Å². The van der Waals surface area contributed by atoms with E-state index in [2.05, 4.69) is 10.6 Å². The molecule has 2 fully saturated rings. The van der Waals surface area contributed by atoms with E-state index in [1.165, 1.54) is 25.7 Å². The molecule has 0 heterocycles. The van der Waals surface area contributed by atoms with Crippen molar-refractivity contribution >= 4 is 29.0 Å². The van der Waals surface area contributed by atoms with Gasteiger partial charge in [-0.25, -0.2) is 4.79 Å². The summed E-state index contributed by atoms with van der Waals surface area (Å²) in [5.41, 5.74) is 8.61. The Hall–Kier alpha value is -2.67. The summed E-state index contributed by atoms with van der Waals surface area (Å²) in [5, 5.41) is 13.8. The zero-order chi connectivity index (χ0) is 23.6. The summed E-state index contributed by atoms with van der Waals surface area (Å²) in [4.78, 5) is 24.9. The molecular weight excluding hydrogens is 404 g/mol. The first-order valence-electron chi connectivity index (χ1n) is 11.4. The third-order valence-corrected chi connectivity index (χ3v) is 5.93. The Balaban J connectivity index is 1.68. The second-order valence-corrected chi connectivity index (χ2v) is 10.1. The Kier molecular flexibility index (Phi) is 7.08. The Labute approximate surface area is 190 Å². The minimum Gasteiger partial charge on any atom is -0.444 e. The highest BCUT2D eigenvalue weighted by molar-refractivity contribution is 6.22. The van der Waals surface area contributed by atoms with Crippen LogP contribution in [-0.4, -0.2) is 29.4 Å². The van der Waals surface area contributed by atoms with Crippen LogP contribution < -0.4 is 16.4 Å². The first kappa shape index (κ1) is 24.0. The minimum atomic E-state index is -0.608. The highest BCUT2D eigenvalue weighted by Gasteiger charge is 2.46. The molecule has 7 heteroatoms. The van der Waals surface area contributed by atoms with E-state index in [4.69, 9.17) is 15.9 Å². The Morgan fingerprint density at radius 3 is 2.03 bits per heavy atom. The second-order valence-electron chi connectivity index (χ2n) is 10.1. The van der Waals surface area contributed by atoms with Gasteiger partial charge in [-0.05, 0) is 95.8 Å². The summed E-state index contributed by atoms with van der Waals surface area (Å²) in [6.07, 6.45) is 4.18. The number of anilines is 1. The van der Waals surface area contributed by atoms with Crippen LogP contribution in [0.15, 0.2) is 30.0 Å². The molecule has 0 unspecified atom stereocenters. The number of allylic oxidation sites excluding steroid dienone is 2. The van der Waals surface area contributed by atoms with Gasteiger partial charge in [0.25, 0.3) is 0 Å². The monoisotopic (exact) mass is 440 g/mol. The van der Waals surface area contributed by atoms with Crippen LogP contribution in [0.4, 0.5) is 10.5 Å². The van der Waals surface area contributed by atoms with Crippen molar-refractivity contribution in [2.24, 2.45) is 23.5 Å². The van der Waals surface area contributed by atoms with Crippen molar-refractivity contribution in [2.75, 3.05) is 5.32 Å². The lowest BCUT2D eigenvalue weighted by Crippen LogP contribution is -2.43. The first-order valence-corrected chi connectivity index (χ1v) is 11.4. The summed E-state index contributed by atoms with van der Waals surface area (Å²) in [6, 6.07) is 6.77. The number of rotatable bonds is 8. The molecule has 7 nitrogen and oxygen atoms in total. The standard InChI is InChI=1S/C25H36N4O3/c1-14(26)20(15(2)28-24(31)32-25(3,4)5)16-10-12-19(13-11-16)29-23(30)22(27)21(17-6-7-17)18-8-9-18/h10-13,17-18,21-22,26H,6-9,27H2,1-5H3,(H,28,31)(H,29,30)/b20-15+,26-14?/t22-/m0/s1. The van der Waals surface area contributed by atoms with E-state index in [0.717, 1.165) is 5.56 Å². The van der Waals surface area contributed by atoms with Gasteiger partial charge in [0, 0.05) is 22.7 Å². The van der Waals surface area contributed by atoms with Crippen LogP contribution in [0.2, 0.25) is 0 Å². The lowest BCUT2D eigenvalue weighted by atomic mass is 9.89. The van der Waals surface area contributed by atoms with Crippen molar-refractivity contribution in [2.45, 2.75) is 71.9 Å². The summed E-state index contributed by atoms with van der Waals surface area (Å²) in [6.45, 7) is 8.79. The van der Waals surface area contributed by atoms with Crippen molar-refractivity contribution in [1.82, 2.24) is 5.32 Å². The molecule has 0 saturated heterocycles. The van der Waals surface area contributed by atoms with Crippen LogP contribution in [0, 0.1) is 23.2 Å². The number of benzene rings is 1. The number of nitrogens with one attached hydrogen (secondary N) is 3. The van der Waals surface area contributed by atoms with Gasteiger partial charge >= 0.3 is 6.09 Å². The Morgan fingerprint density at radius 2 is 1.59 bits per heavy atom. The van der Waals surface area contributed by atoms with Crippen LogP contribution in [-0.2, 0) is 9.53 Å². The van der Waals surface area contributed by atoms with Crippen LogP contribution in [0.5, 0.6) is 0 Å². The highest BCUT2D eigenvalue weighted by Crippen LogP contribution is 2.50. The smallest absolute Gasteiger partial charge is 0.411 e. The average Bonchev–Trinajstić information content (AvgIpc) is 3.56. The molecule has 0 spiro atoms. The molecule has 1 aromatic carbocycles. The molecule has 2 saturated carbocycles. The van der Waals surface area contributed by atoms with Gasteiger partial charge in [0.15, 0.2) is 0 Å². The molecular formula is C25H36N4O3. The maximum absolute atomic E-state index is 12.7. The molecule has 2 aliphatic rings. The molecule has 3 rings (SSSR count). The normalized spacial score (nSPS) is 18.0. The highest BCUT2D eigenvalue weighted by atomic mass is 16.6. The topological polar surface area (TPSA) is 117 Å². The molecule has 1 atom stereocenters. The predicted molar refractivity (Wildman–Crippen MR) is 127 cm³/mol. The van der Waals surface area contributed by atoms with Crippen LogP contribution >= 0.6 is 0 Å². The maximum Gasteiger partial charge on any atom is 0.411 e. The summed E-state index contributed by atoms with van der Waals surface area (Å²) in [7, 11) is 0. The number of nitrogens with two attached hydrogens (primary N) is 1. The molecule has 174 valence electrons. The van der Waals surface area contributed by atoms with Crippen molar-refractivity contribution in [3.63, 3.8) is 0 Å². The van der Waals surface area contributed by atoms with Gasteiger partial charge in [0.1, 0.15) is 5.60 Å². The number of alkyl carbamates (subject to hydrolysis) is 1. The summed E-state index contributed by atoms with van der Waals surface area (Å²) < 4.78 is 5.31. The maximum atomic E-state index is 12.7. The molecule has 0 aliphatic heterocycles. The zero-order valence-corrected chi connectivity index (χ0v) is 19.7. The lowest BCUT2D eigenvalue weighted by Gasteiger charge is -2.23. The van der Waals surface area contributed by atoms with E-state index >= 15 is 0 Å². The molecule has 2 amide bonds. The SMILES string of the molecule is CC(=N)/C(=C(/C)NC(=O)OC(C)(C)C)c1ccc(NC(=O)[C@@H](N)C(C2CC2)C2CC2)cc1. The number of hydrogen-bond acceptors (Lipinski definition) is 5. The van der Waals surface area contributed by atoms with Gasteiger partial charge in [-0.3, -0.25) is 10.1 Å². The number of carbonyl (C=O) groups excluding carboxylic acids is 2. The first-order chi connectivity index (χ1) is 15.0. The van der Waals surface area contributed by atoms with Gasteiger partial charge in [0.2, 0.25) is 5.91 Å². The zero-order valence-electron chi connectivity index (χ0n) is 19.7. The fourth-order valence-corrected chi connectivity index (χ4v) is 4.29. The lowest BCUT2D eigenvalue weighted by molar-refractivity contribution is -0.118. The summed E-state index contributed by atoms with van der Waals surface area (Å²) in [5.74, 6) is 1.37. The molecule has 0 bridgehead atoms. The molecule has 5 N–H and O–H groups in total. The third kappa shape index (κ3) is 6.42. The minimum absolute atomic E-state index is 0.136. The van der Waals surface area contributed by atoms with E-state index < -0.39 is 17.7 Å². The van der Waals surface area contributed by atoms with Crippen LogP contribution in [0.3, 0.4) is 0 Å². The fourth-order valence-electron chi connectivity index (χ4n) is 4.29. The second kappa shape index (κ2) is 9.45. The van der Waals surface area contributed by atoms with Crippen molar-refractivity contribution < 1.29 is 14.3 Å². The van der Waals surface area contributed by atoms with Crippen molar-refractivity contribution in [3.8, 4) is 0 Å². The van der Waals surface area contributed by atoms with Gasteiger partial charge in [0.05, 0.1) is 6.04 Å². The van der Waals surface area contributed by atoms with Gasteiger partial charge in [-0.1, -0.05) is 12.1 Å². The molecule has 2 aliphatic carbocycles. The number of ether oxygens (including phenoxy) is 1. The van der Waals surface area contributed by atoms with E-state index in [9.17, 15) is 9.59 Å². The third-order valence-electron chi connectivity index (χ3n) is 5.93. The molecule has 1 aromatic rings. The van der Waals surface area contributed by atoms with Gasteiger partial charge in [-0.15, -0.1) is 0 Å². The van der Waals surface area contributed by atoms with Gasteiger partial charge in [-0.2, -0.15) is 0 Å². The molecule has 32 heavy (non-hydrogen) atoms. The molecule has 0 aromatic heterocycles. The van der Waals surface area contributed by atoms with Gasteiger partial charge < -0.3 is 21.2 Å². The predicted octanol–water partition coefficient (Wildman–Crippen LogP) is 4.68. The molecule has 0 radical (unpaired) electrons. The van der Waals surface area contributed by atoms with E-state index in [1.807, 2.05) is 12.1 Å². The quantitative estimate of drug-likeness (QED) is 0.439. The fraction of sp³-hybridized carbons (Fsp3) is 0.560. The van der Waals surface area contributed by atoms with Crippen LogP contribution in [0.25, 0.3) is 5.57 Å². The number of amides is 2. The Morgan fingerprint density at radius 1 is 1.06 bits per heavy atom. The average molecular weight is 441 g/mol. The number of carbonyl (C=O) groups is 2. The number of hydrogen-bond donors (Lipinski definition) is 4.